The van der Waals surface area contributed by atoms with Crippen LogP contribution in [0.3, 0.4) is 0 Å². The lowest BCUT2D eigenvalue weighted by Crippen LogP contribution is -2.33. The van der Waals surface area contributed by atoms with Crippen LogP contribution in [0.15, 0.2) is 0 Å². The lowest BCUT2D eigenvalue weighted by Gasteiger charge is -2.09. The standard InChI is InChI=1S/C6H4Cl2O5/c7-2(4(9)10)1-3(8)6(12)13-5(1)11/h1-3H,(H,9,10). The van der Waals surface area contributed by atoms with E-state index in [0.29, 0.717) is 0 Å². The van der Waals surface area contributed by atoms with Gasteiger partial charge in [0.25, 0.3) is 0 Å². The number of rotatable bonds is 2. The maximum atomic E-state index is 10.9. The van der Waals surface area contributed by atoms with Crippen molar-refractivity contribution in [3.63, 3.8) is 0 Å². The van der Waals surface area contributed by atoms with E-state index in [4.69, 9.17) is 28.3 Å². The molecule has 0 radical (unpaired) electrons. The van der Waals surface area contributed by atoms with E-state index >= 15 is 0 Å². The highest BCUT2D eigenvalue weighted by Crippen LogP contribution is 2.28. The number of hydrogen-bond donors (Lipinski definition) is 1. The monoisotopic (exact) mass is 226 g/mol. The average Bonchev–Trinajstić information content (AvgIpc) is 2.26. The molecule has 13 heavy (non-hydrogen) atoms. The molecular formula is C6H4Cl2O5. The Morgan fingerprint density at radius 1 is 1.46 bits per heavy atom. The number of esters is 2. The number of alkyl halides is 2. The number of carbonyl (C=O) groups excluding carboxylic acids is 2. The highest BCUT2D eigenvalue weighted by atomic mass is 35.5. The molecule has 1 heterocycles. The summed E-state index contributed by atoms with van der Waals surface area (Å²) in [5.41, 5.74) is 0. The highest BCUT2D eigenvalue weighted by Gasteiger charge is 2.49. The second-order valence-corrected chi connectivity index (χ2v) is 3.35. The molecule has 0 aromatic carbocycles. The predicted molar refractivity (Wildman–Crippen MR) is 41.5 cm³/mol. The first-order valence-corrected chi connectivity index (χ1v) is 4.09. The van der Waals surface area contributed by atoms with Crippen molar-refractivity contribution in [1.82, 2.24) is 0 Å². The molecule has 1 saturated heterocycles. The summed E-state index contributed by atoms with van der Waals surface area (Å²) in [5, 5.41) is 5.60. The number of aliphatic carboxylic acids is 1. The van der Waals surface area contributed by atoms with E-state index in [0.717, 1.165) is 0 Å². The molecule has 0 aromatic rings. The van der Waals surface area contributed by atoms with Crippen molar-refractivity contribution in [2.24, 2.45) is 5.92 Å². The van der Waals surface area contributed by atoms with Crippen LogP contribution in [0.25, 0.3) is 0 Å². The van der Waals surface area contributed by atoms with Gasteiger partial charge < -0.3 is 9.84 Å². The molecule has 7 heteroatoms. The predicted octanol–water partition coefficient (Wildman–Crippen LogP) is -0.0146. The number of carbonyl (C=O) groups is 3. The fourth-order valence-electron chi connectivity index (χ4n) is 0.911. The Morgan fingerprint density at radius 2 is 2.00 bits per heavy atom. The summed E-state index contributed by atoms with van der Waals surface area (Å²) in [5.74, 6) is -4.67. The van der Waals surface area contributed by atoms with Gasteiger partial charge in [-0.2, -0.15) is 0 Å². The van der Waals surface area contributed by atoms with Crippen LogP contribution in [0.1, 0.15) is 0 Å². The smallest absolute Gasteiger partial charge is 0.332 e. The van der Waals surface area contributed by atoms with Crippen molar-refractivity contribution in [3.05, 3.63) is 0 Å². The number of carboxylic acid groups (broad SMARTS) is 1. The van der Waals surface area contributed by atoms with Gasteiger partial charge in [-0.05, 0) is 0 Å². The molecule has 1 rings (SSSR count). The maximum Gasteiger partial charge on any atom is 0.332 e. The van der Waals surface area contributed by atoms with Gasteiger partial charge in [0.1, 0.15) is 16.7 Å². The Labute approximate surface area is 82.6 Å². The van der Waals surface area contributed by atoms with Crippen molar-refractivity contribution in [3.8, 4) is 0 Å². The maximum absolute atomic E-state index is 10.9. The molecule has 1 aliphatic rings. The van der Waals surface area contributed by atoms with Crippen molar-refractivity contribution in [2.75, 3.05) is 0 Å². The summed E-state index contributed by atoms with van der Waals surface area (Å²) in [7, 11) is 0. The Bertz CT molecular complexity index is 276. The van der Waals surface area contributed by atoms with E-state index in [1.807, 2.05) is 0 Å². The van der Waals surface area contributed by atoms with Gasteiger partial charge in [0, 0.05) is 0 Å². The minimum atomic E-state index is -1.54. The van der Waals surface area contributed by atoms with Crippen LogP contribution in [0, 0.1) is 5.92 Å². The molecule has 1 N–H and O–H groups in total. The van der Waals surface area contributed by atoms with Gasteiger partial charge in [-0.15, -0.1) is 23.2 Å². The molecule has 0 aromatic heterocycles. The summed E-state index contributed by atoms with van der Waals surface area (Å²) >= 11 is 10.8. The number of halogens is 2. The molecule has 1 fully saturated rings. The fraction of sp³-hybridized carbons (Fsp3) is 0.500. The highest BCUT2D eigenvalue weighted by molar-refractivity contribution is 6.38. The summed E-state index contributed by atoms with van der Waals surface area (Å²) < 4.78 is 4.10. The second-order valence-electron chi connectivity index (χ2n) is 2.41. The Morgan fingerprint density at radius 3 is 2.31 bits per heavy atom. The van der Waals surface area contributed by atoms with E-state index in [2.05, 4.69) is 4.74 Å². The van der Waals surface area contributed by atoms with Crippen LogP contribution >= 0.6 is 23.2 Å². The van der Waals surface area contributed by atoms with E-state index in [1.165, 1.54) is 0 Å². The van der Waals surface area contributed by atoms with Gasteiger partial charge in [-0.25, -0.2) is 4.79 Å². The Hall–Kier alpha value is -0.810. The average molecular weight is 227 g/mol. The Balaban J connectivity index is 2.85. The quantitative estimate of drug-likeness (QED) is 0.407. The molecular weight excluding hydrogens is 223 g/mol. The van der Waals surface area contributed by atoms with E-state index in [-0.39, 0.29) is 0 Å². The van der Waals surface area contributed by atoms with Crippen LogP contribution in [0.4, 0.5) is 0 Å². The van der Waals surface area contributed by atoms with Crippen LogP contribution in [0.5, 0.6) is 0 Å². The normalized spacial score (nSPS) is 30.0. The van der Waals surface area contributed by atoms with E-state index < -0.39 is 34.6 Å². The second kappa shape index (κ2) is 3.51. The lowest BCUT2D eigenvalue weighted by molar-refractivity contribution is -0.154. The van der Waals surface area contributed by atoms with E-state index in [1.54, 1.807) is 0 Å². The summed E-state index contributed by atoms with van der Waals surface area (Å²) in [6.45, 7) is 0. The first-order chi connectivity index (χ1) is 5.95. The van der Waals surface area contributed by atoms with Crippen LogP contribution in [-0.4, -0.2) is 33.8 Å². The van der Waals surface area contributed by atoms with Gasteiger partial charge in [0.15, 0.2) is 0 Å². The molecule has 1 aliphatic heterocycles. The van der Waals surface area contributed by atoms with Gasteiger partial charge in [-0.3, -0.25) is 9.59 Å². The molecule has 72 valence electrons. The number of carboxylic acids is 1. The summed E-state index contributed by atoms with van der Waals surface area (Å²) in [6, 6.07) is 0. The zero-order chi connectivity index (χ0) is 10.2. The molecule has 0 spiro atoms. The topological polar surface area (TPSA) is 80.7 Å². The molecule has 5 nitrogen and oxygen atoms in total. The van der Waals surface area contributed by atoms with Crippen LogP contribution < -0.4 is 0 Å². The molecule has 3 unspecified atom stereocenters. The zero-order valence-electron chi connectivity index (χ0n) is 6.07. The van der Waals surface area contributed by atoms with Gasteiger partial charge in [-0.1, -0.05) is 0 Å². The zero-order valence-corrected chi connectivity index (χ0v) is 7.58. The molecule has 0 amide bonds. The largest absolute Gasteiger partial charge is 0.480 e. The minimum Gasteiger partial charge on any atom is -0.480 e. The molecule has 3 atom stereocenters. The lowest BCUT2D eigenvalue weighted by atomic mass is 10.0. The third kappa shape index (κ3) is 1.76. The Kier molecular flexibility index (Phi) is 2.77. The first-order valence-electron chi connectivity index (χ1n) is 3.21. The van der Waals surface area contributed by atoms with E-state index in [9.17, 15) is 14.4 Å². The number of hydrogen-bond acceptors (Lipinski definition) is 4. The minimum absolute atomic E-state index is 0.955. The molecule has 0 bridgehead atoms. The van der Waals surface area contributed by atoms with Crippen LogP contribution in [-0.2, 0) is 19.1 Å². The van der Waals surface area contributed by atoms with Gasteiger partial charge in [0.2, 0.25) is 0 Å². The van der Waals surface area contributed by atoms with Crippen molar-refractivity contribution < 1.29 is 24.2 Å². The van der Waals surface area contributed by atoms with Crippen molar-refractivity contribution >= 4 is 41.1 Å². The fourth-order valence-corrected chi connectivity index (χ4v) is 1.53. The number of ether oxygens (including phenoxy) is 1. The molecule has 0 saturated carbocycles. The third-order valence-corrected chi connectivity index (χ3v) is 2.47. The van der Waals surface area contributed by atoms with Gasteiger partial charge in [0.05, 0.1) is 0 Å². The number of cyclic esters (lactones) is 2. The molecule has 0 aliphatic carbocycles. The van der Waals surface area contributed by atoms with Crippen molar-refractivity contribution in [1.29, 1.82) is 0 Å². The SMILES string of the molecule is O=C(O)C(Cl)C1C(=O)OC(=O)C1Cl. The van der Waals surface area contributed by atoms with Crippen LogP contribution in [0.2, 0.25) is 0 Å². The summed E-state index contributed by atoms with van der Waals surface area (Å²) in [6.07, 6.45) is 0. The third-order valence-electron chi connectivity index (χ3n) is 1.57. The van der Waals surface area contributed by atoms with Crippen molar-refractivity contribution in [2.45, 2.75) is 10.8 Å². The summed E-state index contributed by atoms with van der Waals surface area (Å²) in [4.78, 5) is 31.9. The first kappa shape index (κ1) is 10.3. The van der Waals surface area contributed by atoms with Gasteiger partial charge >= 0.3 is 17.9 Å².